The van der Waals surface area contributed by atoms with Crippen LogP contribution in [0.25, 0.3) is 11.4 Å². The number of nitrogens with zero attached hydrogens (tertiary/aromatic N) is 4. The van der Waals surface area contributed by atoms with Crippen LogP contribution in [0.15, 0.2) is 60.0 Å². The largest absolute Gasteiger partial charge is 0.391 e. The van der Waals surface area contributed by atoms with Crippen molar-refractivity contribution in [3.63, 3.8) is 0 Å². The second-order valence-corrected chi connectivity index (χ2v) is 9.77. The number of aliphatic hydroxyl groups is 1. The Hall–Kier alpha value is -2.23. The molecule has 0 bridgehead atoms. The van der Waals surface area contributed by atoms with Crippen molar-refractivity contribution < 1.29 is 13.5 Å². The van der Waals surface area contributed by atoms with Gasteiger partial charge in [-0.1, -0.05) is 42.1 Å². The van der Waals surface area contributed by atoms with Crippen LogP contribution in [0.5, 0.6) is 0 Å². The lowest BCUT2D eigenvalue weighted by Crippen LogP contribution is -2.20. The summed E-state index contributed by atoms with van der Waals surface area (Å²) in [6, 6.07) is 13.6. The van der Waals surface area contributed by atoms with E-state index in [2.05, 4.69) is 15.2 Å². The summed E-state index contributed by atoms with van der Waals surface area (Å²) in [6.07, 6.45) is 2.49. The predicted octanol–water partition coefficient (Wildman–Crippen LogP) is 1.64. The maximum Gasteiger partial charge on any atom is 0.192 e. The van der Waals surface area contributed by atoms with Crippen molar-refractivity contribution >= 4 is 21.6 Å². The fraction of sp³-hybridized carbons (Fsp3) is 0.278. The van der Waals surface area contributed by atoms with Crippen LogP contribution in [0.2, 0.25) is 0 Å². The Morgan fingerprint density at radius 2 is 1.81 bits per heavy atom. The lowest BCUT2D eigenvalue weighted by Gasteiger charge is -2.14. The van der Waals surface area contributed by atoms with E-state index < -0.39 is 21.2 Å². The van der Waals surface area contributed by atoms with Crippen molar-refractivity contribution in [2.75, 3.05) is 11.5 Å². The first-order chi connectivity index (χ1) is 13.0. The van der Waals surface area contributed by atoms with E-state index in [9.17, 15) is 13.5 Å². The first kappa shape index (κ1) is 18.1. The first-order valence-corrected chi connectivity index (χ1v) is 11.1. The van der Waals surface area contributed by atoms with Crippen molar-refractivity contribution in [1.82, 2.24) is 19.7 Å². The minimum Gasteiger partial charge on any atom is -0.391 e. The van der Waals surface area contributed by atoms with E-state index in [4.69, 9.17) is 0 Å². The first-order valence-electron chi connectivity index (χ1n) is 8.44. The minimum absolute atomic E-state index is 0.0539. The molecule has 4 rings (SSSR count). The molecule has 140 valence electrons. The number of thioether (sulfide) groups is 1. The fourth-order valence-electron chi connectivity index (χ4n) is 3.04. The third-order valence-electron chi connectivity index (χ3n) is 4.37. The van der Waals surface area contributed by atoms with Crippen molar-refractivity contribution in [2.24, 2.45) is 0 Å². The third kappa shape index (κ3) is 4.05. The average molecular weight is 403 g/mol. The summed E-state index contributed by atoms with van der Waals surface area (Å²) < 4.78 is 25.6. The van der Waals surface area contributed by atoms with Crippen molar-refractivity contribution in [1.29, 1.82) is 0 Å². The molecule has 9 heteroatoms. The predicted molar refractivity (Wildman–Crippen MR) is 103 cm³/mol. The Bertz CT molecular complexity index is 1020. The fourth-order valence-corrected chi connectivity index (χ4v) is 6.56. The summed E-state index contributed by atoms with van der Waals surface area (Å²) in [4.78, 5) is 4.04. The molecule has 0 aliphatic carbocycles. The van der Waals surface area contributed by atoms with Gasteiger partial charge < -0.3 is 5.11 Å². The molecule has 3 aromatic rings. The molecule has 2 atom stereocenters. The molecule has 3 heterocycles. The maximum absolute atomic E-state index is 11.8. The van der Waals surface area contributed by atoms with Gasteiger partial charge in [0.1, 0.15) is 0 Å². The van der Waals surface area contributed by atoms with E-state index in [1.807, 2.05) is 47.0 Å². The number of rotatable bonds is 5. The molecule has 0 spiro atoms. The van der Waals surface area contributed by atoms with Crippen molar-refractivity contribution in [3.8, 4) is 11.4 Å². The molecule has 1 aliphatic rings. The van der Waals surface area contributed by atoms with E-state index in [-0.39, 0.29) is 11.5 Å². The van der Waals surface area contributed by atoms with Crippen molar-refractivity contribution in [2.45, 2.75) is 23.1 Å². The molecule has 1 aliphatic heterocycles. The van der Waals surface area contributed by atoms with Crippen LogP contribution in [0.3, 0.4) is 0 Å². The van der Waals surface area contributed by atoms with Gasteiger partial charge in [0.2, 0.25) is 0 Å². The lowest BCUT2D eigenvalue weighted by molar-refractivity contribution is 0.207. The van der Waals surface area contributed by atoms with Gasteiger partial charge in [-0.3, -0.25) is 9.55 Å². The molecule has 2 aromatic heterocycles. The van der Waals surface area contributed by atoms with E-state index in [0.717, 1.165) is 11.1 Å². The van der Waals surface area contributed by atoms with Gasteiger partial charge in [-0.2, -0.15) is 0 Å². The number of hydrogen-bond acceptors (Lipinski definition) is 7. The third-order valence-corrected chi connectivity index (χ3v) is 7.59. The van der Waals surface area contributed by atoms with Crippen LogP contribution in [0, 0.1) is 0 Å². The Kier molecular flexibility index (Phi) is 4.98. The molecule has 0 amide bonds. The molecule has 7 nitrogen and oxygen atoms in total. The van der Waals surface area contributed by atoms with Crippen molar-refractivity contribution in [3.05, 3.63) is 60.4 Å². The summed E-state index contributed by atoms with van der Waals surface area (Å²) in [5.41, 5.74) is 1.95. The SMILES string of the molecule is O=S1(=O)C[C@H](O)[C@H](Sc2nnc(-c3ccncc3)n2Cc2ccccc2)C1. The number of aliphatic hydroxyl groups excluding tert-OH is 1. The van der Waals surface area contributed by atoms with Crippen LogP contribution < -0.4 is 0 Å². The molecule has 0 saturated carbocycles. The molecular formula is C18H18N4O3S2. The topological polar surface area (TPSA) is 98.0 Å². The van der Waals surface area contributed by atoms with Gasteiger partial charge in [-0.25, -0.2) is 8.42 Å². The van der Waals surface area contributed by atoms with Gasteiger partial charge >= 0.3 is 0 Å². The zero-order valence-electron chi connectivity index (χ0n) is 14.3. The Labute approximate surface area is 161 Å². The number of benzene rings is 1. The van der Waals surface area contributed by atoms with E-state index in [1.165, 1.54) is 11.8 Å². The molecule has 27 heavy (non-hydrogen) atoms. The lowest BCUT2D eigenvalue weighted by atomic mass is 10.2. The normalized spacial score (nSPS) is 21.4. The van der Waals surface area contributed by atoms with Crippen LogP contribution in [0.1, 0.15) is 5.56 Å². The molecule has 1 fully saturated rings. The van der Waals surface area contributed by atoms with Gasteiger partial charge in [0.05, 0.1) is 29.4 Å². The standard InChI is InChI=1S/C18H18N4O3S2/c23-15-11-27(24,25)12-16(15)26-18-21-20-17(14-6-8-19-9-7-14)22(18)10-13-4-2-1-3-5-13/h1-9,15-16,23H,10-12H2/t15-,16+/m0/s1. The van der Waals surface area contributed by atoms with Gasteiger partial charge in [0.15, 0.2) is 20.8 Å². The molecule has 0 unspecified atom stereocenters. The smallest absolute Gasteiger partial charge is 0.192 e. The second kappa shape index (κ2) is 7.41. The van der Waals surface area contributed by atoms with Gasteiger partial charge in [0.25, 0.3) is 0 Å². The highest BCUT2D eigenvalue weighted by atomic mass is 32.2. The quantitative estimate of drug-likeness (QED) is 0.693. The molecule has 1 saturated heterocycles. The number of sulfone groups is 1. The highest BCUT2D eigenvalue weighted by Crippen LogP contribution is 2.32. The average Bonchev–Trinajstić information content (AvgIpc) is 3.16. The maximum atomic E-state index is 11.8. The Balaban J connectivity index is 1.70. The molecular weight excluding hydrogens is 384 g/mol. The summed E-state index contributed by atoms with van der Waals surface area (Å²) in [5, 5.41) is 18.9. The molecule has 1 aromatic carbocycles. The van der Waals surface area contributed by atoms with Gasteiger partial charge in [-0.15, -0.1) is 10.2 Å². The number of aromatic nitrogens is 4. The Morgan fingerprint density at radius 3 is 2.48 bits per heavy atom. The van der Waals surface area contributed by atoms with Crippen LogP contribution >= 0.6 is 11.8 Å². The summed E-state index contributed by atoms with van der Waals surface area (Å²) >= 11 is 1.27. The minimum atomic E-state index is -3.22. The zero-order valence-corrected chi connectivity index (χ0v) is 16.0. The summed E-state index contributed by atoms with van der Waals surface area (Å²) in [7, 11) is -3.22. The monoisotopic (exact) mass is 402 g/mol. The van der Waals surface area contributed by atoms with E-state index in [1.54, 1.807) is 12.4 Å². The van der Waals surface area contributed by atoms with Crippen LogP contribution in [-0.4, -0.2) is 56.1 Å². The molecule has 1 N–H and O–H groups in total. The highest BCUT2D eigenvalue weighted by Gasteiger charge is 2.38. The molecule has 0 radical (unpaired) electrons. The number of hydrogen-bond donors (Lipinski definition) is 1. The Morgan fingerprint density at radius 1 is 1.07 bits per heavy atom. The van der Waals surface area contributed by atoms with E-state index in [0.29, 0.717) is 17.5 Å². The van der Waals surface area contributed by atoms with E-state index >= 15 is 0 Å². The van der Waals surface area contributed by atoms with Gasteiger partial charge in [-0.05, 0) is 17.7 Å². The van der Waals surface area contributed by atoms with Gasteiger partial charge in [0, 0.05) is 18.0 Å². The van der Waals surface area contributed by atoms with Crippen LogP contribution in [-0.2, 0) is 16.4 Å². The zero-order chi connectivity index (χ0) is 18.9. The summed E-state index contributed by atoms with van der Waals surface area (Å²) in [6.45, 7) is 0.545. The summed E-state index contributed by atoms with van der Waals surface area (Å²) in [5.74, 6) is 0.426. The second-order valence-electron chi connectivity index (χ2n) is 6.41. The number of pyridine rings is 1. The van der Waals surface area contributed by atoms with Crippen LogP contribution in [0.4, 0.5) is 0 Å². The highest BCUT2D eigenvalue weighted by molar-refractivity contribution is 8.01.